The molecule has 0 spiro atoms. The van der Waals surface area contributed by atoms with Crippen molar-refractivity contribution in [2.45, 2.75) is 19.2 Å². The molecule has 0 aromatic carbocycles. The molecule has 1 aliphatic heterocycles. The van der Waals surface area contributed by atoms with Crippen LogP contribution in [0.5, 0.6) is 0 Å². The van der Waals surface area contributed by atoms with Crippen LogP contribution < -0.4 is 0 Å². The summed E-state index contributed by atoms with van der Waals surface area (Å²) in [6, 6.07) is -0.0700. The number of ether oxygens (including phenoxy) is 1. The van der Waals surface area contributed by atoms with Gasteiger partial charge in [-0.15, -0.1) is 0 Å². The number of carbonyl (C=O) groups is 1. The minimum Gasteiger partial charge on any atom is -0.476 e. The summed E-state index contributed by atoms with van der Waals surface area (Å²) in [6.07, 6.45) is 4.56. The Balaban J connectivity index is 2.31. The van der Waals surface area contributed by atoms with E-state index >= 15 is 0 Å². The van der Waals surface area contributed by atoms with E-state index in [1.54, 1.807) is 10.5 Å². The Morgan fingerprint density at radius 2 is 2.42 bits per heavy atom. The van der Waals surface area contributed by atoms with Crippen LogP contribution in [0.25, 0.3) is 0 Å². The van der Waals surface area contributed by atoms with Gasteiger partial charge >= 0.3 is 0 Å². The third kappa shape index (κ3) is 1.06. The lowest BCUT2D eigenvalue weighted by atomic mass is 10.1. The summed E-state index contributed by atoms with van der Waals surface area (Å²) >= 11 is 5.89. The highest BCUT2D eigenvalue weighted by molar-refractivity contribution is 6.14. The molecule has 2 unspecified atom stereocenters. The van der Waals surface area contributed by atoms with Crippen LogP contribution >= 0.6 is 11.8 Å². The summed E-state index contributed by atoms with van der Waals surface area (Å²) in [6.45, 7) is 1.84. The number of carbonyl (C=O) groups excluding carboxylic acids is 1. The minimum atomic E-state index is -0.168. The largest absolute Gasteiger partial charge is 0.476 e. The summed E-state index contributed by atoms with van der Waals surface area (Å²) in [5, 5.41) is 0. The maximum Gasteiger partial charge on any atom is 0.181 e. The lowest BCUT2D eigenvalue weighted by Gasteiger charge is -2.13. The van der Waals surface area contributed by atoms with Crippen LogP contribution in [0.4, 0.5) is 0 Å². The average molecular weight is 186 g/mol. The topological polar surface area (TPSA) is 29.5 Å². The summed E-state index contributed by atoms with van der Waals surface area (Å²) in [7, 11) is 0. The smallest absolute Gasteiger partial charge is 0.181 e. The molecular formula is C8H8ClNO2. The Morgan fingerprint density at radius 3 is 3.17 bits per heavy atom. The second-order valence-electron chi connectivity index (χ2n) is 2.81. The number of hydrogen-bond acceptors (Lipinski definition) is 3. The van der Waals surface area contributed by atoms with E-state index in [2.05, 4.69) is 0 Å². The maximum atomic E-state index is 10.9. The highest BCUT2D eigenvalue weighted by Crippen LogP contribution is 2.30. The molecule has 1 heterocycles. The molecule has 4 heteroatoms. The first-order valence-corrected chi connectivity index (χ1v) is 4.07. The van der Waals surface area contributed by atoms with Gasteiger partial charge in [-0.1, -0.05) is 6.08 Å². The summed E-state index contributed by atoms with van der Waals surface area (Å²) in [5.74, 6) is 0.602. The highest BCUT2D eigenvalue weighted by atomic mass is 35.5. The molecule has 2 aliphatic rings. The Morgan fingerprint density at radius 1 is 1.67 bits per heavy atom. The first-order chi connectivity index (χ1) is 5.68. The summed E-state index contributed by atoms with van der Waals surface area (Å²) in [5.41, 5.74) is 0. The molecule has 0 aromatic rings. The van der Waals surface area contributed by atoms with Crippen molar-refractivity contribution in [3.8, 4) is 0 Å². The molecule has 3 nitrogen and oxygen atoms in total. The fourth-order valence-corrected chi connectivity index (χ4v) is 1.54. The molecule has 64 valence electrons. The standard InChI is InChI=1S/C8H8ClNO2/c1-5-10(9)7-3-2-6(11)4-8(7)12-5/h2-5,7H,1H3. The Kier molecular flexibility index (Phi) is 1.70. The van der Waals surface area contributed by atoms with Crippen LogP contribution in [0.15, 0.2) is 24.0 Å². The maximum absolute atomic E-state index is 10.9. The molecule has 1 aliphatic carbocycles. The van der Waals surface area contributed by atoms with Crippen molar-refractivity contribution >= 4 is 17.6 Å². The number of fused-ring (bicyclic) bond motifs is 1. The monoisotopic (exact) mass is 185 g/mol. The first-order valence-electron chi connectivity index (χ1n) is 3.73. The van der Waals surface area contributed by atoms with Crippen LogP contribution in [-0.4, -0.2) is 22.5 Å². The molecule has 2 rings (SSSR count). The van der Waals surface area contributed by atoms with Crippen LogP contribution in [0, 0.1) is 0 Å². The van der Waals surface area contributed by atoms with Gasteiger partial charge in [0.15, 0.2) is 12.0 Å². The van der Waals surface area contributed by atoms with E-state index in [1.165, 1.54) is 12.2 Å². The van der Waals surface area contributed by atoms with E-state index in [4.69, 9.17) is 16.5 Å². The zero-order valence-electron chi connectivity index (χ0n) is 6.53. The molecule has 0 radical (unpaired) electrons. The predicted octanol–water partition coefficient (Wildman–Crippen LogP) is 1.21. The van der Waals surface area contributed by atoms with Gasteiger partial charge < -0.3 is 4.74 Å². The Labute approximate surface area is 75.4 Å². The fourth-order valence-electron chi connectivity index (χ4n) is 1.34. The normalized spacial score (nSPS) is 34.5. The molecule has 12 heavy (non-hydrogen) atoms. The van der Waals surface area contributed by atoms with E-state index in [1.807, 2.05) is 6.92 Å². The minimum absolute atomic E-state index is 0.0413. The third-order valence-electron chi connectivity index (χ3n) is 1.94. The molecule has 0 N–H and O–H groups in total. The molecule has 1 saturated heterocycles. The zero-order chi connectivity index (χ0) is 8.72. The summed E-state index contributed by atoms with van der Waals surface area (Å²) < 4.78 is 6.88. The first kappa shape index (κ1) is 7.83. The van der Waals surface area contributed by atoms with Crippen LogP contribution in [0.2, 0.25) is 0 Å². The molecule has 0 bridgehead atoms. The lowest BCUT2D eigenvalue weighted by molar-refractivity contribution is -0.110. The second-order valence-corrected chi connectivity index (χ2v) is 3.20. The lowest BCUT2D eigenvalue weighted by Crippen LogP contribution is -2.25. The zero-order valence-corrected chi connectivity index (χ0v) is 7.28. The number of halogens is 1. The van der Waals surface area contributed by atoms with Crippen molar-refractivity contribution in [3.05, 3.63) is 24.0 Å². The van der Waals surface area contributed by atoms with Gasteiger partial charge in [0.2, 0.25) is 0 Å². The van der Waals surface area contributed by atoms with Gasteiger partial charge in [-0.25, -0.2) is 0 Å². The van der Waals surface area contributed by atoms with E-state index < -0.39 is 0 Å². The second kappa shape index (κ2) is 2.61. The van der Waals surface area contributed by atoms with Crippen molar-refractivity contribution in [2.24, 2.45) is 0 Å². The quantitative estimate of drug-likeness (QED) is 0.532. The van der Waals surface area contributed by atoms with Gasteiger partial charge in [-0.05, 0) is 24.8 Å². The van der Waals surface area contributed by atoms with Crippen molar-refractivity contribution in [1.29, 1.82) is 0 Å². The van der Waals surface area contributed by atoms with Crippen molar-refractivity contribution in [2.75, 3.05) is 0 Å². The van der Waals surface area contributed by atoms with E-state index in [-0.39, 0.29) is 18.1 Å². The van der Waals surface area contributed by atoms with Crippen molar-refractivity contribution in [3.63, 3.8) is 0 Å². The number of hydrogen-bond donors (Lipinski definition) is 0. The summed E-state index contributed by atoms with van der Waals surface area (Å²) in [4.78, 5) is 10.9. The Bertz CT molecular complexity index is 285. The molecule has 2 atom stereocenters. The van der Waals surface area contributed by atoms with E-state index in [0.29, 0.717) is 5.76 Å². The van der Waals surface area contributed by atoms with Crippen LogP contribution in [0.1, 0.15) is 6.92 Å². The molecule has 0 amide bonds. The molecular weight excluding hydrogens is 178 g/mol. The Hall–Kier alpha value is -0.800. The average Bonchev–Trinajstić information content (AvgIpc) is 2.28. The van der Waals surface area contributed by atoms with Crippen LogP contribution in [0.3, 0.4) is 0 Å². The van der Waals surface area contributed by atoms with Gasteiger partial charge in [0, 0.05) is 6.08 Å². The van der Waals surface area contributed by atoms with Crippen LogP contribution in [-0.2, 0) is 9.53 Å². The molecule has 0 aromatic heterocycles. The third-order valence-corrected chi connectivity index (χ3v) is 2.42. The van der Waals surface area contributed by atoms with Gasteiger partial charge in [0.25, 0.3) is 0 Å². The predicted molar refractivity (Wildman–Crippen MR) is 44.3 cm³/mol. The highest BCUT2D eigenvalue weighted by Gasteiger charge is 2.35. The fraction of sp³-hybridized carbons (Fsp3) is 0.375. The van der Waals surface area contributed by atoms with Gasteiger partial charge in [0.05, 0.1) is 0 Å². The SMILES string of the molecule is CC1OC2=CC(=O)C=CC2N1Cl. The number of rotatable bonds is 0. The number of ketones is 1. The molecule has 1 fully saturated rings. The van der Waals surface area contributed by atoms with Crippen molar-refractivity contribution < 1.29 is 9.53 Å². The molecule has 0 saturated carbocycles. The number of nitrogens with zero attached hydrogens (tertiary/aromatic N) is 1. The van der Waals surface area contributed by atoms with E-state index in [0.717, 1.165) is 0 Å². The van der Waals surface area contributed by atoms with E-state index in [9.17, 15) is 4.79 Å². The van der Waals surface area contributed by atoms with Crippen molar-refractivity contribution in [1.82, 2.24) is 4.42 Å². The van der Waals surface area contributed by atoms with Gasteiger partial charge in [-0.2, -0.15) is 4.42 Å². The van der Waals surface area contributed by atoms with Gasteiger partial charge in [-0.3, -0.25) is 4.79 Å². The number of allylic oxidation sites excluding steroid dienone is 2. The van der Waals surface area contributed by atoms with Gasteiger partial charge in [0.1, 0.15) is 11.8 Å².